The van der Waals surface area contributed by atoms with Gasteiger partial charge >= 0.3 is 6.18 Å². The SMILES string of the molecule is CCCC(N)CNc1ncc(C(F)(F)F)cc1Cl. The van der Waals surface area contributed by atoms with E-state index in [4.69, 9.17) is 17.3 Å². The highest BCUT2D eigenvalue weighted by Gasteiger charge is 2.31. The van der Waals surface area contributed by atoms with Crippen LogP contribution in [0.15, 0.2) is 12.3 Å². The molecular weight excluding hydrogens is 267 g/mol. The van der Waals surface area contributed by atoms with Crippen molar-refractivity contribution in [2.24, 2.45) is 5.73 Å². The molecule has 0 bridgehead atoms. The van der Waals surface area contributed by atoms with Crippen LogP contribution < -0.4 is 11.1 Å². The van der Waals surface area contributed by atoms with Crippen LogP contribution in [0.5, 0.6) is 0 Å². The molecule has 0 spiro atoms. The van der Waals surface area contributed by atoms with Crippen LogP contribution in [-0.2, 0) is 6.18 Å². The summed E-state index contributed by atoms with van der Waals surface area (Å²) in [6.45, 7) is 2.43. The fourth-order valence-corrected chi connectivity index (χ4v) is 1.66. The molecule has 3 N–H and O–H groups in total. The van der Waals surface area contributed by atoms with Gasteiger partial charge in [-0.1, -0.05) is 24.9 Å². The van der Waals surface area contributed by atoms with E-state index in [2.05, 4.69) is 10.3 Å². The van der Waals surface area contributed by atoms with E-state index in [1.54, 1.807) is 0 Å². The van der Waals surface area contributed by atoms with Crippen molar-refractivity contribution in [1.29, 1.82) is 0 Å². The molecule has 0 saturated carbocycles. The number of rotatable bonds is 5. The van der Waals surface area contributed by atoms with Gasteiger partial charge in [-0.2, -0.15) is 13.2 Å². The molecule has 0 aliphatic carbocycles. The van der Waals surface area contributed by atoms with E-state index in [9.17, 15) is 13.2 Å². The summed E-state index contributed by atoms with van der Waals surface area (Å²) in [6, 6.07) is 0.776. The van der Waals surface area contributed by atoms with Crippen LogP contribution in [0.1, 0.15) is 25.3 Å². The summed E-state index contributed by atoms with van der Waals surface area (Å²) >= 11 is 5.73. The molecule has 1 aromatic rings. The maximum absolute atomic E-state index is 12.4. The number of hydrogen-bond acceptors (Lipinski definition) is 3. The van der Waals surface area contributed by atoms with E-state index >= 15 is 0 Å². The second-order valence-electron chi connectivity index (χ2n) is 3.98. The maximum Gasteiger partial charge on any atom is 0.417 e. The second-order valence-corrected chi connectivity index (χ2v) is 4.39. The maximum atomic E-state index is 12.4. The number of hydrogen-bond donors (Lipinski definition) is 2. The molecule has 1 unspecified atom stereocenters. The summed E-state index contributed by atoms with van der Waals surface area (Å²) in [5, 5.41) is 2.78. The smallest absolute Gasteiger partial charge is 0.367 e. The van der Waals surface area contributed by atoms with Crippen molar-refractivity contribution in [2.45, 2.75) is 32.0 Å². The summed E-state index contributed by atoms with van der Waals surface area (Å²) in [4.78, 5) is 3.66. The molecule has 1 rings (SSSR count). The monoisotopic (exact) mass is 281 g/mol. The van der Waals surface area contributed by atoms with Gasteiger partial charge in [0.05, 0.1) is 10.6 Å². The number of nitrogens with one attached hydrogen (secondary N) is 1. The lowest BCUT2D eigenvalue weighted by Crippen LogP contribution is -2.29. The van der Waals surface area contributed by atoms with E-state index in [1.807, 2.05) is 6.92 Å². The third-order valence-corrected chi connectivity index (χ3v) is 2.65. The first kappa shape index (κ1) is 15.0. The van der Waals surface area contributed by atoms with Crippen LogP contribution in [0.25, 0.3) is 0 Å². The highest BCUT2D eigenvalue weighted by molar-refractivity contribution is 6.32. The molecular formula is C11H15ClF3N3. The minimum atomic E-state index is -4.44. The Hall–Kier alpha value is -1.01. The standard InChI is InChI=1S/C11H15ClF3N3/c1-2-3-8(16)6-18-10-9(12)4-7(5-17-10)11(13,14)15/h4-5,8H,2-3,6,16H2,1H3,(H,17,18). The van der Waals surface area contributed by atoms with E-state index in [0.29, 0.717) is 6.54 Å². The van der Waals surface area contributed by atoms with Gasteiger partial charge in [-0.25, -0.2) is 4.98 Å². The molecule has 0 amide bonds. The minimum absolute atomic E-state index is 0.0616. The van der Waals surface area contributed by atoms with Gasteiger partial charge in [-0.3, -0.25) is 0 Å². The lowest BCUT2D eigenvalue weighted by atomic mass is 10.2. The summed E-state index contributed by atoms with van der Waals surface area (Å²) in [5.74, 6) is 0.219. The van der Waals surface area contributed by atoms with Crippen LogP contribution in [0.3, 0.4) is 0 Å². The molecule has 1 heterocycles. The Bertz CT molecular complexity index is 396. The van der Waals surface area contributed by atoms with Gasteiger partial charge in [0, 0.05) is 18.8 Å². The van der Waals surface area contributed by atoms with Crippen LogP contribution in [0, 0.1) is 0 Å². The van der Waals surface area contributed by atoms with Gasteiger partial charge in [0.15, 0.2) is 0 Å². The zero-order valence-electron chi connectivity index (χ0n) is 9.89. The summed E-state index contributed by atoms with van der Waals surface area (Å²) < 4.78 is 37.1. The Labute approximate surface area is 109 Å². The molecule has 3 nitrogen and oxygen atoms in total. The molecule has 1 atom stereocenters. The minimum Gasteiger partial charge on any atom is -0.367 e. The molecule has 0 saturated heterocycles. The lowest BCUT2D eigenvalue weighted by molar-refractivity contribution is -0.137. The van der Waals surface area contributed by atoms with Gasteiger partial charge in [-0.05, 0) is 12.5 Å². The fraction of sp³-hybridized carbons (Fsp3) is 0.545. The topological polar surface area (TPSA) is 50.9 Å². The fourth-order valence-electron chi connectivity index (χ4n) is 1.42. The quantitative estimate of drug-likeness (QED) is 0.871. The van der Waals surface area contributed by atoms with E-state index in [1.165, 1.54) is 0 Å². The van der Waals surface area contributed by atoms with Crippen LogP contribution in [0.2, 0.25) is 5.02 Å². The zero-order valence-corrected chi connectivity index (χ0v) is 10.6. The predicted molar refractivity (Wildman–Crippen MR) is 65.6 cm³/mol. The molecule has 1 aromatic heterocycles. The normalized spacial score (nSPS) is 13.4. The Balaban J connectivity index is 2.69. The van der Waals surface area contributed by atoms with Gasteiger partial charge in [0.1, 0.15) is 5.82 Å². The number of anilines is 1. The number of alkyl halides is 3. The highest BCUT2D eigenvalue weighted by atomic mass is 35.5. The second kappa shape index (κ2) is 6.24. The predicted octanol–water partition coefficient (Wildman–Crippen LogP) is 3.29. The highest BCUT2D eigenvalue weighted by Crippen LogP contribution is 2.32. The van der Waals surface area contributed by atoms with Crippen molar-refractivity contribution in [3.05, 3.63) is 22.8 Å². The Morgan fingerprint density at radius 2 is 2.17 bits per heavy atom. The summed E-state index contributed by atoms with van der Waals surface area (Å²) in [7, 11) is 0. The third kappa shape index (κ3) is 4.34. The van der Waals surface area contributed by atoms with Crippen molar-refractivity contribution in [1.82, 2.24) is 4.98 Å². The van der Waals surface area contributed by atoms with Crippen molar-refractivity contribution in [3.8, 4) is 0 Å². The number of aromatic nitrogens is 1. The number of pyridine rings is 1. The first-order valence-corrected chi connectivity index (χ1v) is 5.94. The van der Waals surface area contributed by atoms with Gasteiger partial charge < -0.3 is 11.1 Å². The largest absolute Gasteiger partial charge is 0.417 e. The lowest BCUT2D eigenvalue weighted by Gasteiger charge is -2.14. The molecule has 0 fully saturated rings. The average molecular weight is 282 g/mol. The molecule has 0 aliphatic heterocycles. The van der Waals surface area contributed by atoms with E-state index in [-0.39, 0.29) is 16.9 Å². The van der Waals surface area contributed by atoms with Crippen molar-refractivity contribution in [2.75, 3.05) is 11.9 Å². The molecule has 18 heavy (non-hydrogen) atoms. The number of halogens is 4. The third-order valence-electron chi connectivity index (χ3n) is 2.36. The first-order valence-electron chi connectivity index (χ1n) is 5.56. The number of nitrogens with zero attached hydrogens (tertiary/aromatic N) is 1. The van der Waals surface area contributed by atoms with Crippen molar-refractivity contribution in [3.63, 3.8) is 0 Å². The first-order chi connectivity index (χ1) is 8.34. The van der Waals surface area contributed by atoms with Gasteiger partial charge in [-0.15, -0.1) is 0 Å². The molecule has 0 aromatic carbocycles. The Kier molecular flexibility index (Phi) is 5.22. The summed E-state index contributed by atoms with van der Waals surface area (Å²) in [6.07, 6.45) is -1.92. The van der Waals surface area contributed by atoms with Crippen LogP contribution in [-0.4, -0.2) is 17.6 Å². The molecule has 102 valence electrons. The van der Waals surface area contributed by atoms with Crippen LogP contribution in [0.4, 0.5) is 19.0 Å². The molecule has 0 radical (unpaired) electrons. The zero-order chi connectivity index (χ0) is 13.8. The van der Waals surface area contributed by atoms with Gasteiger partial charge in [0.2, 0.25) is 0 Å². The average Bonchev–Trinajstić information content (AvgIpc) is 2.26. The Morgan fingerprint density at radius 1 is 1.50 bits per heavy atom. The Morgan fingerprint density at radius 3 is 2.67 bits per heavy atom. The van der Waals surface area contributed by atoms with Crippen LogP contribution >= 0.6 is 11.6 Å². The summed E-state index contributed by atoms with van der Waals surface area (Å²) in [5.41, 5.74) is 4.90. The molecule has 0 aliphatic rings. The number of nitrogens with two attached hydrogens (primary N) is 1. The molecule has 7 heteroatoms. The van der Waals surface area contributed by atoms with Crippen molar-refractivity contribution < 1.29 is 13.2 Å². The van der Waals surface area contributed by atoms with E-state index < -0.39 is 11.7 Å². The van der Waals surface area contributed by atoms with Gasteiger partial charge in [0.25, 0.3) is 0 Å². The van der Waals surface area contributed by atoms with E-state index in [0.717, 1.165) is 25.1 Å². The van der Waals surface area contributed by atoms with Crippen molar-refractivity contribution >= 4 is 17.4 Å².